The fourth-order valence-electron chi connectivity index (χ4n) is 4.19. The second kappa shape index (κ2) is 11.7. The Hall–Kier alpha value is -2.66. The van der Waals surface area contributed by atoms with Crippen molar-refractivity contribution in [1.29, 1.82) is 0 Å². The Labute approximate surface area is 204 Å². The van der Waals surface area contributed by atoms with Gasteiger partial charge in [0.25, 0.3) is 0 Å². The molecule has 0 amide bonds. The zero-order chi connectivity index (χ0) is 24.7. The SMILES string of the molecule is O=C(O)C(=O)O.O=S(=O)(c1ccc(Cl)cc1)N1CCC(N2CCN(c3ccccc3)CC2)CC1. The second-order valence-electron chi connectivity index (χ2n) is 8.06. The van der Waals surface area contributed by atoms with E-state index in [4.69, 9.17) is 31.4 Å². The molecule has 4 rings (SSSR count). The Kier molecular flexibility index (Phi) is 8.90. The van der Waals surface area contributed by atoms with E-state index in [0.29, 0.717) is 29.0 Å². The summed E-state index contributed by atoms with van der Waals surface area (Å²) in [6.45, 7) is 5.26. The van der Waals surface area contributed by atoms with Crippen LogP contribution < -0.4 is 4.90 Å². The molecule has 2 aromatic rings. The molecule has 2 aliphatic heterocycles. The van der Waals surface area contributed by atoms with Crippen LogP contribution in [0.25, 0.3) is 0 Å². The van der Waals surface area contributed by atoms with E-state index in [1.54, 1.807) is 28.6 Å². The van der Waals surface area contributed by atoms with Crippen molar-refractivity contribution in [2.24, 2.45) is 0 Å². The standard InChI is InChI=1S/C21H26ClN3O2S.C2H2O4/c22-18-6-8-21(9-7-18)28(26,27)25-12-10-20(11-13-25)24-16-14-23(15-17-24)19-4-2-1-3-5-19;3-1(4)2(5)6/h1-9,20H,10-17H2;(H,3,4)(H,5,6). The Balaban J connectivity index is 0.000000481. The highest BCUT2D eigenvalue weighted by atomic mass is 35.5. The fourth-order valence-corrected chi connectivity index (χ4v) is 5.78. The van der Waals surface area contributed by atoms with Gasteiger partial charge in [0.1, 0.15) is 0 Å². The van der Waals surface area contributed by atoms with Crippen molar-refractivity contribution in [2.75, 3.05) is 44.2 Å². The Morgan fingerprint density at radius 3 is 1.82 bits per heavy atom. The van der Waals surface area contributed by atoms with Crippen molar-refractivity contribution in [1.82, 2.24) is 9.21 Å². The van der Waals surface area contributed by atoms with E-state index in [9.17, 15) is 8.42 Å². The average Bonchev–Trinajstić information content (AvgIpc) is 2.85. The van der Waals surface area contributed by atoms with E-state index in [1.807, 2.05) is 6.07 Å². The summed E-state index contributed by atoms with van der Waals surface area (Å²) in [6.07, 6.45) is 1.77. The lowest BCUT2D eigenvalue weighted by molar-refractivity contribution is -0.159. The third-order valence-corrected chi connectivity index (χ3v) is 8.17. The summed E-state index contributed by atoms with van der Waals surface area (Å²) in [5.41, 5.74) is 1.28. The van der Waals surface area contributed by atoms with Crippen molar-refractivity contribution < 1.29 is 28.2 Å². The first-order chi connectivity index (χ1) is 16.2. The van der Waals surface area contributed by atoms with Gasteiger partial charge >= 0.3 is 11.9 Å². The number of halogens is 1. The van der Waals surface area contributed by atoms with Crippen LogP contribution in [0.2, 0.25) is 5.02 Å². The number of piperidine rings is 1. The number of hydrogen-bond acceptors (Lipinski definition) is 6. The van der Waals surface area contributed by atoms with Gasteiger partial charge in [-0.15, -0.1) is 0 Å². The van der Waals surface area contributed by atoms with Crippen molar-refractivity contribution >= 4 is 39.3 Å². The van der Waals surface area contributed by atoms with E-state index in [1.165, 1.54) is 5.69 Å². The lowest BCUT2D eigenvalue weighted by atomic mass is 10.0. The molecule has 2 fully saturated rings. The van der Waals surface area contributed by atoms with Gasteiger partial charge in [0.2, 0.25) is 10.0 Å². The van der Waals surface area contributed by atoms with Gasteiger partial charge < -0.3 is 15.1 Å². The van der Waals surface area contributed by atoms with E-state index >= 15 is 0 Å². The maximum atomic E-state index is 12.8. The first kappa shape index (κ1) is 26.0. The van der Waals surface area contributed by atoms with Crippen molar-refractivity contribution in [2.45, 2.75) is 23.8 Å². The molecule has 0 bridgehead atoms. The molecule has 2 heterocycles. The highest BCUT2D eigenvalue weighted by Crippen LogP contribution is 2.25. The molecular formula is C23H28ClN3O6S. The maximum absolute atomic E-state index is 12.8. The summed E-state index contributed by atoms with van der Waals surface area (Å²) in [7, 11) is -3.43. The quantitative estimate of drug-likeness (QED) is 0.603. The smallest absolute Gasteiger partial charge is 0.414 e. The zero-order valence-corrected chi connectivity index (χ0v) is 20.2. The number of carboxylic acids is 2. The molecule has 0 saturated carbocycles. The summed E-state index contributed by atoms with van der Waals surface area (Å²) < 4.78 is 27.3. The van der Waals surface area contributed by atoms with Gasteiger partial charge in [0, 0.05) is 56.0 Å². The number of carboxylic acid groups (broad SMARTS) is 2. The molecule has 2 saturated heterocycles. The van der Waals surface area contributed by atoms with Gasteiger partial charge in [-0.05, 0) is 49.2 Å². The van der Waals surface area contributed by atoms with E-state index < -0.39 is 22.0 Å². The van der Waals surface area contributed by atoms with Gasteiger partial charge in [-0.2, -0.15) is 4.31 Å². The number of anilines is 1. The Morgan fingerprint density at radius 1 is 0.794 bits per heavy atom. The van der Waals surface area contributed by atoms with Crippen LogP contribution in [-0.4, -0.2) is 85.1 Å². The second-order valence-corrected chi connectivity index (χ2v) is 10.4. The summed E-state index contributed by atoms with van der Waals surface area (Å²) in [5, 5.41) is 15.3. The molecule has 0 atom stereocenters. The first-order valence-corrected chi connectivity index (χ1v) is 12.8. The van der Waals surface area contributed by atoms with Crippen LogP contribution in [0, 0.1) is 0 Å². The lowest BCUT2D eigenvalue weighted by Crippen LogP contribution is -2.53. The van der Waals surface area contributed by atoms with Crippen LogP contribution in [0.1, 0.15) is 12.8 Å². The zero-order valence-electron chi connectivity index (χ0n) is 18.6. The predicted octanol–water partition coefficient (Wildman–Crippen LogP) is 2.47. The molecule has 0 aromatic heterocycles. The van der Waals surface area contributed by atoms with E-state index in [0.717, 1.165) is 39.0 Å². The molecular weight excluding hydrogens is 482 g/mol. The summed E-state index contributed by atoms with van der Waals surface area (Å²) in [4.78, 5) is 23.5. The third-order valence-electron chi connectivity index (χ3n) is 6.01. The van der Waals surface area contributed by atoms with Gasteiger partial charge in [-0.1, -0.05) is 29.8 Å². The van der Waals surface area contributed by atoms with Crippen LogP contribution in [-0.2, 0) is 19.6 Å². The highest BCUT2D eigenvalue weighted by molar-refractivity contribution is 7.89. The lowest BCUT2D eigenvalue weighted by Gasteiger charge is -2.43. The number of sulfonamides is 1. The monoisotopic (exact) mass is 509 g/mol. The van der Waals surface area contributed by atoms with Crippen molar-refractivity contribution in [3.8, 4) is 0 Å². The normalized spacial score (nSPS) is 18.1. The number of benzene rings is 2. The molecule has 184 valence electrons. The number of nitrogens with zero attached hydrogens (tertiary/aromatic N) is 3. The summed E-state index contributed by atoms with van der Waals surface area (Å²) in [5.74, 6) is -3.65. The fraction of sp³-hybridized carbons (Fsp3) is 0.391. The summed E-state index contributed by atoms with van der Waals surface area (Å²) in [6, 6.07) is 17.4. The Bertz CT molecular complexity index is 1050. The van der Waals surface area contributed by atoms with Gasteiger partial charge in [-0.25, -0.2) is 18.0 Å². The first-order valence-electron chi connectivity index (χ1n) is 10.9. The maximum Gasteiger partial charge on any atom is 0.414 e. The largest absolute Gasteiger partial charge is 0.473 e. The van der Waals surface area contributed by atoms with Gasteiger partial charge in [0.15, 0.2) is 0 Å². The van der Waals surface area contributed by atoms with Crippen molar-refractivity contribution in [3.63, 3.8) is 0 Å². The topological polar surface area (TPSA) is 118 Å². The number of piperazine rings is 1. The van der Waals surface area contributed by atoms with E-state index in [-0.39, 0.29) is 0 Å². The molecule has 34 heavy (non-hydrogen) atoms. The molecule has 0 radical (unpaired) electrons. The predicted molar refractivity (Wildman–Crippen MR) is 129 cm³/mol. The minimum atomic E-state index is -3.43. The highest BCUT2D eigenvalue weighted by Gasteiger charge is 2.32. The number of para-hydroxylation sites is 1. The molecule has 0 spiro atoms. The molecule has 2 aromatic carbocycles. The third kappa shape index (κ3) is 6.69. The number of hydrogen-bond donors (Lipinski definition) is 2. The minimum Gasteiger partial charge on any atom is -0.473 e. The molecule has 0 unspecified atom stereocenters. The van der Waals surface area contributed by atoms with Crippen LogP contribution in [0.15, 0.2) is 59.5 Å². The number of rotatable bonds is 4. The average molecular weight is 510 g/mol. The van der Waals surface area contributed by atoms with Crippen LogP contribution in [0.3, 0.4) is 0 Å². The molecule has 11 heteroatoms. The minimum absolute atomic E-state index is 0.326. The van der Waals surface area contributed by atoms with Crippen LogP contribution in [0.5, 0.6) is 0 Å². The van der Waals surface area contributed by atoms with Crippen LogP contribution in [0.4, 0.5) is 5.69 Å². The summed E-state index contributed by atoms with van der Waals surface area (Å²) >= 11 is 5.88. The van der Waals surface area contributed by atoms with Gasteiger partial charge in [-0.3, -0.25) is 4.90 Å². The number of carbonyl (C=O) groups is 2. The molecule has 2 aliphatic rings. The molecule has 2 N–H and O–H groups in total. The van der Waals surface area contributed by atoms with Crippen molar-refractivity contribution in [3.05, 3.63) is 59.6 Å². The molecule has 9 nitrogen and oxygen atoms in total. The van der Waals surface area contributed by atoms with Crippen LogP contribution >= 0.6 is 11.6 Å². The van der Waals surface area contributed by atoms with E-state index in [2.05, 4.69) is 34.1 Å². The Morgan fingerprint density at radius 2 is 1.32 bits per heavy atom. The van der Waals surface area contributed by atoms with Gasteiger partial charge in [0.05, 0.1) is 4.90 Å². The molecule has 0 aliphatic carbocycles. The number of aliphatic carboxylic acids is 2.